The van der Waals surface area contributed by atoms with Gasteiger partial charge in [0.05, 0.1) is 10.6 Å². The minimum Gasteiger partial charge on any atom is -0.872 e. The molecule has 0 saturated heterocycles. The van der Waals surface area contributed by atoms with E-state index in [1.54, 1.807) is 18.2 Å². The lowest BCUT2D eigenvalue weighted by Crippen LogP contribution is -1.98. The molecular formula is C20H11BrN3O4-. The molecule has 7 nitrogen and oxygen atoms in total. The van der Waals surface area contributed by atoms with Crippen molar-refractivity contribution in [1.29, 1.82) is 0 Å². The summed E-state index contributed by atoms with van der Waals surface area (Å²) in [4.78, 5) is 19.0. The highest BCUT2D eigenvalue weighted by Gasteiger charge is 2.09. The Labute approximate surface area is 167 Å². The number of hydrogen-bond donors (Lipinski definition) is 0. The van der Waals surface area contributed by atoms with Crippen LogP contribution in [0.3, 0.4) is 0 Å². The van der Waals surface area contributed by atoms with Gasteiger partial charge in [-0.1, -0.05) is 33.8 Å². The fraction of sp³-hybridized carbons (Fsp3) is 0. The number of aromatic nitrogens is 1. The van der Waals surface area contributed by atoms with Gasteiger partial charge in [-0.15, -0.1) is 0 Å². The molecule has 1 aromatic heterocycles. The Hall–Kier alpha value is -3.52. The highest BCUT2D eigenvalue weighted by atomic mass is 79.9. The van der Waals surface area contributed by atoms with Crippen molar-refractivity contribution in [1.82, 2.24) is 4.98 Å². The first-order chi connectivity index (χ1) is 13.5. The van der Waals surface area contributed by atoms with Crippen LogP contribution in [-0.4, -0.2) is 16.1 Å². The fourth-order valence-electron chi connectivity index (χ4n) is 2.64. The first-order valence-corrected chi connectivity index (χ1v) is 8.95. The molecule has 4 rings (SSSR count). The number of benzene rings is 3. The lowest BCUT2D eigenvalue weighted by molar-refractivity contribution is -0.385. The Morgan fingerprint density at radius 2 is 1.96 bits per heavy atom. The van der Waals surface area contributed by atoms with E-state index in [9.17, 15) is 15.2 Å². The maximum atomic E-state index is 11.9. The van der Waals surface area contributed by atoms with Crippen molar-refractivity contribution in [2.45, 2.75) is 0 Å². The summed E-state index contributed by atoms with van der Waals surface area (Å²) in [6.07, 6.45) is 1.31. The van der Waals surface area contributed by atoms with Crippen molar-refractivity contribution < 1.29 is 14.4 Å². The summed E-state index contributed by atoms with van der Waals surface area (Å²) in [5, 5.41) is 22.7. The standard InChI is InChI=1S/C20H12BrN3O4/c21-14-3-1-2-12(8-14)20-23-17-10-15(4-7-19(17)28-20)22-11-13-9-16(24(26)27)5-6-18(13)25/h1-11,25H/p-1. The third kappa shape index (κ3) is 3.63. The number of nitro groups is 1. The van der Waals surface area contributed by atoms with Crippen LogP contribution in [0.15, 0.2) is 74.5 Å². The van der Waals surface area contributed by atoms with Gasteiger partial charge in [0.2, 0.25) is 5.89 Å². The normalized spacial score (nSPS) is 11.3. The third-order valence-corrected chi connectivity index (χ3v) is 4.49. The predicted octanol–water partition coefficient (Wildman–Crippen LogP) is 4.99. The van der Waals surface area contributed by atoms with Gasteiger partial charge in [0.1, 0.15) is 5.52 Å². The van der Waals surface area contributed by atoms with Crippen LogP contribution in [0.1, 0.15) is 5.56 Å². The van der Waals surface area contributed by atoms with E-state index >= 15 is 0 Å². The van der Waals surface area contributed by atoms with E-state index < -0.39 is 4.92 Å². The van der Waals surface area contributed by atoms with Gasteiger partial charge in [0.15, 0.2) is 5.58 Å². The number of aliphatic imine (C=N–C) groups is 1. The van der Waals surface area contributed by atoms with E-state index in [1.807, 2.05) is 24.3 Å². The van der Waals surface area contributed by atoms with Gasteiger partial charge >= 0.3 is 0 Å². The van der Waals surface area contributed by atoms with E-state index in [0.29, 0.717) is 22.7 Å². The fourth-order valence-corrected chi connectivity index (χ4v) is 3.03. The molecule has 3 aromatic carbocycles. The smallest absolute Gasteiger partial charge is 0.270 e. The zero-order valence-electron chi connectivity index (χ0n) is 14.2. The van der Waals surface area contributed by atoms with Crippen molar-refractivity contribution in [2.24, 2.45) is 4.99 Å². The first kappa shape index (κ1) is 17.9. The molecule has 0 spiro atoms. The maximum Gasteiger partial charge on any atom is 0.270 e. The molecule has 0 aliphatic heterocycles. The van der Waals surface area contributed by atoms with Gasteiger partial charge in [-0.05, 0) is 42.0 Å². The highest BCUT2D eigenvalue weighted by Crippen LogP contribution is 2.29. The van der Waals surface area contributed by atoms with E-state index in [2.05, 4.69) is 25.9 Å². The highest BCUT2D eigenvalue weighted by molar-refractivity contribution is 9.10. The topological polar surface area (TPSA) is 105 Å². The summed E-state index contributed by atoms with van der Waals surface area (Å²) in [5.74, 6) is 0.145. The predicted molar refractivity (Wildman–Crippen MR) is 107 cm³/mol. The van der Waals surface area contributed by atoms with Gasteiger partial charge in [-0.2, -0.15) is 0 Å². The summed E-state index contributed by atoms with van der Waals surface area (Å²) in [6.45, 7) is 0. The van der Waals surface area contributed by atoms with Crippen LogP contribution in [0.4, 0.5) is 11.4 Å². The second kappa shape index (κ2) is 7.24. The molecule has 0 radical (unpaired) electrons. The van der Waals surface area contributed by atoms with Gasteiger partial charge < -0.3 is 9.52 Å². The molecule has 1 heterocycles. The van der Waals surface area contributed by atoms with Gasteiger partial charge in [0, 0.05) is 28.4 Å². The lowest BCUT2D eigenvalue weighted by Gasteiger charge is -2.08. The van der Waals surface area contributed by atoms with Crippen molar-refractivity contribution in [3.8, 4) is 17.2 Å². The summed E-state index contributed by atoms with van der Waals surface area (Å²) in [6, 6.07) is 16.3. The van der Waals surface area contributed by atoms with Gasteiger partial charge in [-0.25, -0.2) is 4.98 Å². The SMILES string of the molecule is O=[N+]([O-])c1ccc([O-])c(C=Nc2ccc3oc(-c4cccc(Br)c4)nc3c2)c1. The van der Waals surface area contributed by atoms with E-state index in [1.165, 1.54) is 18.3 Å². The molecule has 0 fully saturated rings. The first-order valence-electron chi connectivity index (χ1n) is 8.16. The van der Waals surface area contributed by atoms with Crippen molar-refractivity contribution in [3.63, 3.8) is 0 Å². The number of fused-ring (bicyclic) bond motifs is 1. The van der Waals surface area contributed by atoms with Crippen LogP contribution in [-0.2, 0) is 0 Å². The minimum atomic E-state index is -0.554. The van der Waals surface area contributed by atoms with Crippen molar-refractivity contribution in [3.05, 3.63) is 80.8 Å². The van der Waals surface area contributed by atoms with E-state index in [4.69, 9.17) is 4.42 Å². The average Bonchev–Trinajstić information content (AvgIpc) is 3.10. The Morgan fingerprint density at radius 3 is 2.75 bits per heavy atom. The monoisotopic (exact) mass is 436 g/mol. The maximum absolute atomic E-state index is 11.9. The molecule has 28 heavy (non-hydrogen) atoms. The molecular weight excluding hydrogens is 426 g/mol. The second-order valence-corrected chi connectivity index (χ2v) is 6.83. The zero-order valence-corrected chi connectivity index (χ0v) is 15.8. The molecule has 138 valence electrons. The largest absolute Gasteiger partial charge is 0.872 e. The molecule has 0 saturated carbocycles. The summed E-state index contributed by atoms with van der Waals surface area (Å²) >= 11 is 3.42. The van der Waals surface area contributed by atoms with Crippen LogP contribution in [0, 0.1) is 10.1 Å². The van der Waals surface area contributed by atoms with Gasteiger partial charge in [0.25, 0.3) is 5.69 Å². The number of hydrogen-bond acceptors (Lipinski definition) is 6. The average molecular weight is 437 g/mol. The summed E-state index contributed by atoms with van der Waals surface area (Å²) in [5.41, 5.74) is 2.59. The molecule has 0 aliphatic carbocycles. The van der Waals surface area contributed by atoms with Crippen LogP contribution >= 0.6 is 15.9 Å². The van der Waals surface area contributed by atoms with Crippen LogP contribution in [0.25, 0.3) is 22.6 Å². The zero-order chi connectivity index (χ0) is 19.7. The van der Waals surface area contributed by atoms with Crippen molar-refractivity contribution >= 4 is 44.6 Å². The summed E-state index contributed by atoms with van der Waals surface area (Å²) in [7, 11) is 0. The molecule has 0 atom stereocenters. The second-order valence-electron chi connectivity index (χ2n) is 5.92. The van der Waals surface area contributed by atoms with Gasteiger partial charge in [-0.3, -0.25) is 15.1 Å². The van der Waals surface area contributed by atoms with E-state index in [0.717, 1.165) is 16.1 Å². The Balaban J connectivity index is 1.66. The number of rotatable bonds is 4. The molecule has 0 aliphatic rings. The minimum absolute atomic E-state index is 0.143. The number of non-ortho nitro benzene ring substituents is 1. The Bertz CT molecular complexity index is 1230. The quantitative estimate of drug-likeness (QED) is 0.254. The Kier molecular flexibility index (Phi) is 4.62. The number of oxazole rings is 1. The van der Waals surface area contributed by atoms with Crippen LogP contribution < -0.4 is 5.11 Å². The number of halogens is 1. The van der Waals surface area contributed by atoms with Crippen LogP contribution in [0.5, 0.6) is 5.75 Å². The van der Waals surface area contributed by atoms with Crippen LogP contribution in [0.2, 0.25) is 0 Å². The lowest BCUT2D eigenvalue weighted by atomic mass is 10.2. The summed E-state index contributed by atoms with van der Waals surface area (Å²) < 4.78 is 6.70. The molecule has 4 aromatic rings. The number of nitro benzene ring substituents is 1. The molecule has 0 N–H and O–H groups in total. The third-order valence-electron chi connectivity index (χ3n) is 4.00. The Morgan fingerprint density at radius 1 is 1.11 bits per heavy atom. The molecule has 0 bridgehead atoms. The number of nitrogens with zero attached hydrogens (tertiary/aromatic N) is 3. The molecule has 8 heteroatoms. The molecule has 0 amide bonds. The van der Waals surface area contributed by atoms with E-state index in [-0.39, 0.29) is 17.0 Å². The van der Waals surface area contributed by atoms with Crippen molar-refractivity contribution in [2.75, 3.05) is 0 Å². The molecule has 0 unspecified atom stereocenters.